The molecule has 16 heavy (non-hydrogen) atoms. The standard InChI is InChI=1S/C10H10F3NO2/c11-10(12,13)16-8-3-4-9(15)7(6-8)2-1-5-14/h1-4,6,15H,5,14H2. The van der Waals surface area contributed by atoms with Gasteiger partial charge in [-0.15, -0.1) is 13.2 Å². The molecule has 1 rings (SSSR count). The van der Waals surface area contributed by atoms with Crippen LogP contribution in [0.4, 0.5) is 13.2 Å². The summed E-state index contributed by atoms with van der Waals surface area (Å²) < 4.78 is 39.4. The highest BCUT2D eigenvalue weighted by Gasteiger charge is 2.31. The lowest BCUT2D eigenvalue weighted by atomic mass is 10.2. The molecule has 0 fully saturated rings. The number of rotatable bonds is 3. The van der Waals surface area contributed by atoms with E-state index in [1.807, 2.05) is 0 Å². The predicted octanol–water partition coefficient (Wildman–Crippen LogP) is 2.26. The van der Waals surface area contributed by atoms with Gasteiger partial charge in [0.1, 0.15) is 11.5 Å². The van der Waals surface area contributed by atoms with Gasteiger partial charge in [-0.1, -0.05) is 12.2 Å². The Bertz CT molecular complexity index is 388. The normalized spacial score (nSPS) is 12.0. The summed E-state index contributed by atoms with van der Waals surface area (Å²) in [5.41, 5.74) is 5.40. The van der Waals surface area contributed by atoms with Gasteiger partial charge in [0.05, 0.1) is 0 Å². The second kappa shape index (κ2) is 4.89. The van der Waals surface area contributed by atoms with Crippen LogP contribution in [-0.4, -0.2) is 18.0 Å². The molecule has 0 bridgehead atoms. The van der Waals surface area contributed by atoms with Crippen molar-refractivity contribution < 1.29 is 23.0 Å². The van der Waals surface area contributed by atoms with Crippen LogP contribution >= 0.6 is 0 Å². The number of halogens is 3. The lowest BCUT2D eigenvalue weighted by Crippen LogP contribution is -2.17. The molecule has 0 spiro atoms. The van der Waals surface area contributed by atoms with Crippen molar-refractivity contribution in [3.05, 3.63) is 29.8 Å². The molecule has 0 heterocycles. The maximum absolute atomic E-state index is 11.9. The van der Waals surface area contributed by atoms with Gasteiger partial charge in [0, 0.05) is 12.1 Å². The Hall–Kier alpha value is -1.69. The quantitative estimate of drug-likeness (QED) is 0.841. The lowest BCUT2D eigenvalue weighted by Gasteiger charge is -2.09. The molecule has 0 aliphatic heterocycles. The molecule has 6 heteroatoms. The van der Waals surface area contributed by atoms with E-state index in [0.717, 1.165) is 18.2 Å². The molecule has 0 saturated carbocycles. The van der Waals surface area contributed by atoms with Crippen molar-refractivity contribution in [3.63, 3.8) is 0 Å². The molecule has 0 aliphatic carbocycles. The maximum Gasteiger partial charge on any atom is 0.573 e. The van der Waals surface area contributed by atoms with E-state index < -0.39 is 6.36 Å². The van der Waals surface area contributed by atoms with Gasteiger partial charge < -0.3 is 15.6 Å². The van der Waals surface area contributed by atoms with Crippen LogP contribution in [-0.2, 0) is 0 Å². The first-order valence-electron chi connectivity index (χ1n) is 4.38. The van der Waals surface area contributed by atoms with E-state index in [-0.39, 0.29) is 23.6 Å². The van der Waals surface area contributed by atoms with Gasteiger partial charge >= 0.3 is 6.36 Å². The van der Waals surface area contributed by atoms with Crippen molar-refractivity contribution >= 4 is 6.08 Å². The summed E-state index contributed by atoms with van der Waals surface area (Å²) in [6.07, 6.45) is -1.82. The summed E-state index contributed by atoms with van der Waals surface area (Å²) >= 11 is 0. The number of phenolic OH excluding ortho intramolecular Hbond substituents is 1. The average Bonchev–Trinajstić information content (AvgIpc) is 2.17. The SMILES string of the molecule is NCC=Cc1cc(OC(F)(F)F)ccc1O. The molecule has 0 amide bonds. The van der Waals surface area contributed by atoms with E-state index in [9.17, 15) is 18.3 Å². The van der Waals surface area contributed by atoms with Crippen molar-refractivity contribution in [2.45, 2.75) is 6.36 Å². The van der Waals surface area contributed by atoms with Crippen LogP contribution < -0.4 is 10.5 Å². The second-order valence-electron chi connectivity index (χ2n) is 2.91. The molecule has 3 N–H and O–H groups in total. The van der Waals surface area contributed by atoms with Crippen LogP contribution in [0.15, 0.2) is 24.3 Å². The van der Waals surface area contributed by atoms with Crippen molar-refractivity contribution in [2.24, 2.45) is 5.73 Å². The minimum absolute atomic E-state index is 0.140. The fourth-order valence-electron chi connectivity index (χ4n) is 1.06. The number of nitrogens with two attached hydrogens (primary N) is 1. The monoisotopic (exact) mass is 233 g/mol. The van der Waals surface area contributed by atoms with Crippen molar-refractivity contribution in [2.75, 3.05) is 6.54 Å². The molecule has 0 aliphatic rings. The number of phenols is 1. The Morgan fingerprint density at radius 2 is 2.06 bits per heavy atom. The molecule has 0 unspecified atom stereocenters. The zero-order valence-corrected chi connectivity index (χ0v) is 8.16. The van der Waals surface area contributed by atoms with Crippen LogP contribution in [0, 0.1) is 0 Å². The van der Waals surface area contributed by atoms with Gasteiger partial charge in [-0.25, -0.2) is 0 Å². The van der Waals surface area contributed by atoms with Crippen LogP contribution in [0.1, 0.15) is 5.56 Å². The number of alkyl halides is 3. The highest BCUT2D eigenvalue weighted by molar-refractivity contribution is 5.59. The first-order chi connectivity index (χ1) is 7.42. The summed E-state index contributed by atoms with van der Waals surface area (Å²) in [4.78, 5) is 0. The number of benzene rings is 1. The van der Waals surface area contributed by atoms with Gasteiger partial charge in [-0.3, -0.25) is 0 Å². The van der Waals surface area contributed by atoms with Gasteiger partial charge in [0.15, 0.2) is 0 Å². The molecule has 0 aromatic heterocycles. The zero-order chi connectivity index (χ0) is 12.2. The Balaban J connectivity index is 2.94. The largest absolute Gasteiger partial charge is 0.573 e. The van der Waals surface area contributed by atoms with E-state index in [0.29, 0.717) is 0 Å². The molecule has 3 nitrogen and oxygen atoms in total. The Morgan fingerprint density at radius 1 is 1.38 bits per heavy atom. The molecule has 0 saturated heterocycles. The molecular weight excluding hydrogens is 223 g/mol. The third-order valence-electron chi connectivity index (χ3n) is 1.67. The van der Waals surface area contributed by atoms with Gasteiger partial charge in [-0.05, 0) is 18.2 Å². The van der Waals surface area contributed by atoms with E-state index in [1.165, 1.54) is 12.2 Å². The van der Waals surface area contributed by atoms with Crippen molar-refractivity contribution in [1.82, 2.24) is 0 Å². The number of hydrogen-bond donors (Lipinski definition) is 2. The lowest BCUT2D eigenvalue weighted by molar-refractivity contribution is -0.274. The zero-order valence-electron chi connectivity index (χ0n) is 8.16. The Morgan fingerprint density at radius 3 is 2.62 bits per heavy atom. The first-order valence-corrected chi connectivity index (χ1v) is 4.38. The summed E-state index contributed by atoms with van der Waals surface area (Å²) in [5, 5.41) is 9.33. The maximum atomic E-state index is 11.9. The fourth-order valence-corrected chi connectivity index (χ4v) is 1.06. The molecule has 1 aromatic carbocycles. The summed E-state index contributed by atoms with van der Waals surface area (Å²) in [7, 11) is 0. The Labute approximate surface area is 89.9 Å². The molecular formula is C10H10F3NO2. The predicted molar refractivity (Wildman–Crippen MR) is 52.9 cm³/mol. The van der Waals surface area contributed by atoms with Crippen LogP contribution in [0.3, 0.4) is 0 Å². The first kappa shape index (κ1) is 12.4. The third kappa shape index (κ3) is 3.82. The third-order valence-corrected chi connectivity index (χ3v) is 1.67. The fraction of sp³-hybridized carbons (Fsp3) is 0.200. The number of ether oxygens (including phenoxy) is 1. The van der Waals surface area contributed by atoms with Crippen LogP contribution in [0.25, 0.3) is 6.08 Å². The second-order valence-corrected chi connectivity index (χ2v) is 2.91. The minimum atomic E-state index is -4.74. The van der Waals surface area contributed by atoms with Gasteiger partial charge in [-0.2, -0.15) is 0 Å². The summed E-state index contributed by atoms with van der Waals surface area (Å²) in [6, 6.07) is 3.23. The molecule has 0 atom stereocenters. The Kier molecular flexibility index (Phi) is 3.78. The number of aromatic hydroxyl groups is 1. The van der Waals surface area contributed by atoms with Crippen molar-refractivity contribution in [1.29, 1.82) is 0 Å². The molecule has 0 radical (unpaired) electrons. The van der Waals surface area contributed by atoms with E-state index in [1.54, 1.807) is 0 Å². The topological polar surface area (TPSA) is 55.5 Å². The van der Waals surface area contributed by atoms with Gasteiger partial charge in [0.25, 0.3) is 0 Å². The summed E-state index contributed by atoms with van der Waals surface area (Å²) in [5.74, 6) is -0.527. The minimum Gasteiger partial charge on any atom is -0.507 e. The highest BCUT2D eigenvalue weighted by Crippen LogP contribution is 2.28. The highest BCUT2D eigenvalue weighted by atomic mass is 19.4. The molecule has 88 valence electrons. The summed E-state index contributed by atoms with van der Waals surface area (Å²) in [6.45, 7) is 0.226. The van der Waals surface area contributed by atoms with E-state index in [2.05, 4.69) is 4.74 Å². The smallest absolute Gasteiger partial charge is 0.507 e. The van der Waals surface area contributed by atoms with Crippen molar-refractivity contribution in [3.8, 4) is 11.5 Å². The van der Waals surface area contributed by atoms with E-state index in [4.69, 9.17) is 5.73 Å². The van der Waals surface area contributed by atoms with Crippen LogP contribution in [0.5, 0.6) is 11.5 Å². The van der Waals surface area contributed by atoms with E-state index >= 15 is 0 Å². The number of hydrogen-bond acceptors (Lipinski definition) is 3. The average molecular weight is 233 g/mol. The molecule has 1 aromatic rings. The van der Waals surface area contributed by atoms with Gasteiger partial charge in [0.2, 0.25) is 0 Å². The van der Waals surface area contributed by atoms with Crippen LogP contribution in [0.2, 0.25) is 0 Å².